The Balaban J connectivity index is 2.13. The number of rotatable bonds is 2. The van der Waals surface area contributed by atoms with Crippen molar-refractivity contribution in [3.8, 4) is 5.69 Å². The molecule has 2 aromatic carbocycles. The Morgan fingerprint density at radius 2 is 1.60 bits per heavy atom. The van der Waals surface area contributed by atoms with Crippen molar-refractivity contribution >= 4 is 32.9 Å². The molecule has 0 aliphatic carbocycles. The molecule has 0 radical (unpaired) electrons. The molecule has 3 heteroatoms. The van der Waals surface area contributed by atoms with Crippen LogP contribution >= 0.6 is 0 Å². The van der Waals surface area contributed by atoms with Crippen molar-refractivity contribution in [2.24, 2.45) is 0 Å². The van der Waals surface area contributed by atoms with Crippen LogP contribution in [0.15, 0.2) is 54.7 Å². The molecule has 0 saturated heterocycles. The van der Waals surface area contributed by atoms with E-state index in [2.05, 4.69) is 49.8 Å². The second-order valence-electron chi connectivity index (χ2n) is 6.19. The molecule has 0 atom stereocenters. The first-order valence-electron chi connectivity index (χ1n) is 6.83. The first-order chi connectivity index (χ1) is 9.45. The van der Waals surface area contributed by atoms with E-state index in [0.29, 0.717) is 0 Å². The standard InChI is InChI=1S/C14H9FN.3CH3.Sn/c15-12-5-7-13(8-6-12)16-10-9-11-3-1-2-4-14(11)16;;;;/h2-10H;3*1H3;. The molecule has 0 amide bonds. The summed E-state index contributed by atoms with van der Waals surface area (Å²) < 4.78 is 16.7. The summed E-state index contributed by atoms with van der Waals surface area (Å²) >= 11 is -2.02. The van der Waals surface area contributed by atoms with Gasteiger partial charge in [-0.2, -0.15) is 0 Å². The molecule has 1 aromatic heterocycles. The van der Waals surface area contributed by atoms with Crippen LogP contribution in [0, 0.1) is 5.82 Å². The quantitative estimate of drug-likeness (QED) is 0.589. The summed E-state index contributed by atoms with van der Waals surface area (Å²) in [6, 6.07) is 15.5. The maximum atomic E-state index is 13.0. The van der Waals surface area contributed by atoms with Gasteiger partial charge in [0.15, 0.2) is 0 Å². The third-order valence-corrected chi connectivity index (χ3v) is 9.49. The molecule has 3 aromatic rings. The molecule has 0 spiro atoms. The number of halogens is 1. The zero-order valence-corrected chi connectivity index (χ0v) is 14.9. The summed E-state index contributed by atoms with van der Waals surface area (Å²) in [4.78, 5) is 7.27. The predicted molar refractivity (Wildman–Crippen MR) is 86.2 cm³/mol. The fourth-order valence-electron chi connectivity index (χ4n) is 2.44. The topological polar surface area (TPSA) is 4.93 Å². The van der Waals surface area contributed by atoms with Crippen LogP contribution in [0.4, 0.5) is 4.39 Å². The van der Waals surface area contributed by atoms with E-state index in [-0.39, 0.29) is 5.82 Å². The van der Waals surface area contributed by atoms with E-state index < -0.39 is 18.4 Å². The summed E-state index contributed by atoms with van der Waals surface area (Å²) in [5.41, 5.74) is 2.17. The Bertz CT molecular complexity index is 751. The number of fused-ring (bicyclic) bond motifs is 1. The second-order valence-corrected chi connectivity index (χ2v) is 20.7. The van der Waals surface area contributed by atoms with Gasteiger partial charge in [-0.05, 0) is 0 Å². The van der Waals surface area contributed by atoms with E-state index in [1.54, 1.807) is 0 Å². The zero-order valence-electron chi connectivity index (χ0n) is 12.0. The average Bonchev–Trinajstić information content (AvgIpc) is 2.81. The molecule has 102 valence electrons. The molecule has 1 heterocycles. The van der Waals surface area contributed by atoms with Gasteiger partial charge in [-0.15, -0.1) is 0 Å². The van der Waals surface area contributed by atoms with E-state index in [1.165, 1.54) is 26.6 Å². The molecule has 0 saturated carbocycles. The van der Waals surface area contributed by atoms with E-state index >= 15 is 0 Å². The van der Waals surface area contributed by atoms with Gasteiger partial charge in [-0.25, -0.2) is 0 Å². The summed E-state index contributed by atoms with van der Waals surface area (Å²) in [6.45, 7) is 0. The SMILES string of the molecule is [CH3][Sn]([CH3])([CH3])[c]1ccc2c(ccn2-c2ccc(F)cc2)c1. The molecule has 1 nitrogen and oxygen atoms in total. The first-order valence-corrected chi connectivity index (χ1v) is 16.8. The first kappa shape index (κ1) is 13.7. The molecule has 0 unspecified atom stereocenters. The van der Waals surface area contributed by atoms with Gasteiger partial charge in [0.2, 0.25) is 0 Å². The van der Waals surface area contributed by atoms with E-state index in [4.69, 9.17) is 0 Å². The molecule has 0 N–H and O–H groups in total. The van der Waals surface area contributed by atoms with Crippen LogP contribution in [-0.4, -0.2) is 22.9 Å². The third-order valence-electron chi connectivity index (χ3n) is 3.66. The third kappa shape index (κ3) is 2.49. The number of hydrogen-bond acceptors (Lipinski definition) is 0. The number of benzene rings is 2. The van der Waals surface area contributed by atoms with Gasteiger partial charge in [-0.3, -0.25) is 0 Å². The van der Waals surface area contributed by atoms with Crippen LogP contribution in [0.3, 0.4) is 0 Å². The van der Waals surface area contributed by atoms with Crippen molar-refractivity contribution in [3.63, 3.8) is 0 Å². The Hall–Kier alpha value is -1.29. The van der Waals surface area contributed by atoms with Gasteiger partial charge in [0.25, 0.3) is 0 Å². The molecule has 0 fully saturated rings. The van der Waals surface area contributed by atoms with Crippen molar-refractivity contribution in [3.05, 3.63) is 60.5 Å². The molecule has 0 bridgehead atoms. The van der Waals surface area contributed by atoms with Crippen LogP contribution in [0.2, 0.25) is 14.8 Å². The molecule has 0 aliphatic heterocycles. The Morgan fingerprint density at radius 3 is 2.25 bits per heavy atom. The zero-order chi connectivity index (χ0) is 14.3. The molecular weight excluding hydrogens is 356 g/mol. The van der Waals surface area contributed by atoms with E-state index in [9.17, 15) is 4.39 Å². The monoisotopic (exact) mass is 375 g/mol. The fourth-order valence-corrected chi connectivity index (χ4v) is 5.78. The molecule has 20 heavy (non-hydrogen) atoms. The second kappa shape index (κ2) is 4.92. The van der Waals surface area contributed by atoms with Gasteiger partial charge < -0.3 is 0 Å². The minimum absolute atomic E-state index is 0.200. The predicted octanol–water partition coefficient (Wildman–Crippen LogP) is 4.31. The van der Waals surface area contributed by atoms with Gasteiger partial charge in [-0.1, -0.05) is 0 Å². The Kier molecular flexibility index (Phi) is 3.36. The average molecular weight is 374 g/mol. The van der Waals surface area contributed by atoms with Crippen LogP contribution in [0.5, 0.6) is 0 Å². The van der Waals surface area contributed by atoms with E-state index in [0.717, 1.165) is 5.69 Å². The van der Waals surface area contributed by atoms with Gasteiger partial charge in [0, 0.05) is 0 Å². The van der Waals surface area contributed by atoms with Gasteiger partial charge in [0.05, 0.1) is 0 Å². The van der Waals surface area contributed by atoms with Crippen molar-refractivity contribution < 1.29 is 4.39 Å². The van der Waals surface area contributed by atoms with E-state index in [1.807, 2.05) is 12.1 Å². The number of hydrogen-bond donors (Lipinski definition) is 0. The Morgan fingerprint density at radius 1 is 0.900 bits per heavy atom. The maximum absolute atomic E-state index is 13.0. The summed E-state index contributed by atoms with van der Waals surface area (Å²) in [5.74, 6) is -0.200. The Labute approximate surface area is 122 Å². The van der Waals surface area contributed by atoms with Crippen LogP contribution in [0.25, 0.3) is 16.6 Å². The summed E-state index contributed by atoms with van der Waals surface area (Å²) in [5, 5.41) is 1.26. The van der Waals surface area contributed by atoms with Crippen molar-refractivity contribution in [2.45, 2.75) is 14.8 Å². The molecular formula is C17H18FNSn. The van der Waals surface area contributed by atoms with Crippen LogP contribution < -0.4 is 3.58 Å². The molecule has 3 rings (SSSR count). The van der Waals surface area contributed by atoms with Crippen molar-refractivity contribution in [1.29, 1.82) is 0 Å². The number of aromatic nitrogens is 1. The van der Waals surface area contributed by atoms with Crippen molar-refractivity contribution in [2.75, 3.05) is 0 Å². The van der Waals surface area contributed by atoms with Gasteiger partial charge >= 0.3 is 123 Å². The molecule has 0 aliphatic rings. The van der Waals surface area contributed by atoms with Crippen molar-refractivity contribution in [1.82, 2.24) is 4.57 Å². The number of nitrogens with zero attached hydrogens (tertiary/aromatic N) is 1. The summed E-state index contributed by atoms with van der Waals surface area (Å²) in [7, 11) is 0. The van der Waals surface area contributed by atoms with Crippen LogP contribution in [-0.2, 0) is 0 Å². The fraction of sp³-hybridized carbons (Fsp3) is 0.176. The minimum atomic E-state index is -2.02. The summed E-state index contributed by atoms with van der Waals surface area (Å²) in [6.07, 6.45) is 2.06. The normalized spacial score (nSPS) is 12.0. The van der Waals surface area contributed by atoms with Crippen LogP contribution in [0.1, 0.15) is 0 Å². The van der Waals surface area contributed by atoms with Gasteiger partial charge in [0.1, 0.15) is 0 Å².